The maximum atomic E-state index is 6.12. The van der Waals surface area contributed by atoms with Crippen LogP contribution in [0.3, 0.4) is 0 Å². The number of hydrogen-bond donors (Lipinski definition) is 1. The maximum absolute atomic E-state index is 6.12. The molecule has 0 aliphatic heterocycles. The molecule has 0 fully saturated rings. The summed E-state index contributed by atoms with van der Waals surface area (Å²) in [7, 11) is 3.29. The number of methoxy groups -OCH3 is 2. The Morgan fingerprint density at radius 2 is 1.72 bits per heavy atom. The highest BCUT2D eigenvalue weighted by Gasteiger charge is 2.11. The van der Waals surface area contributed by atoms with E-state index in [4.69, 9.17) is 19.9 Å². The number of fused-ring (bicyclic) bond motifs is 1. The SMILES string of the molecule is COc1cccc(COc2ccc(Cn3c(N)nc4ccccc43)cc2OC)c1. The number of imidazole rings is 1. The summed E-state index contributed by atoms with van der Waals surface area (Å²) in [5, 5.41) is 0. The minimum Gasteiger partial charge on any atom is -0.497 e. The quantitative estimate of drug-likeness (QED) is 0.511. The van der Waals surface area contributed by atoms with Gasteiger partial charge in [-0.3, -0.25) is 0 Å². The molecule has 148 valence electrons. The van der Waals surface area contributed by atoms with E-state index in [-0.39, 0.29) is 0 Å². The van der Waals surface area contributed by atoms with Crippen LogP contribution in [-0.4, -0.2) is 23.8 Å². The number of ether oxygens (including phenoxy) is 3. The molecule has 0 radical (unpaired) electrons. The Balaban J connectivity index is 1.54. The van der Waals surface area contributed by atoms with E-state index >= 15 is 0 Å². The first-order valence-electron chi connectivity index (χ1n) is 9.31. The standard InChI is InChI=1S/C23H23N3O3/c1-27-18-7-5-6-17(12-18)15-29-21-11-10-16(13-22(21)28-2)14-26-20-9-4-3-8-19(20)25-23(26)24/h3-13H,14-15H2,1-2H3,(H2,24,25). The number of aromatic nitrogens is 2. The van der Waals surface area contributed by atoms with Crippen LogP contribution >= 0.6 is 0 Å². The van der Waals surface area contributed by atoms with Crippen LogP contribution in [-0.2, 0) is 13.2 Å². The third-order valence-electron chi connectivity index (χ3n) is 4.78. The fourth-order valence-corrected chi connectivity index (χ4v) is 3.30. The first kappa shape index (κ1) is 18.7. The Hall–Kier alpha value is -3.67. The van der Waals surface area contributed by atoms with Gasteiger partial charge in [0.2, 0.25) is 5.95 Å². The molecule has 0 aliphatic carbocycles. The van der Waals surface area contributed by atoms with Crippen LogP contribution in [0.1, 0.15) is 11.1 Å². The first-order valence-corrected chi connectivity index (χ1v) is 9.31. The van der Waals surface area contributed by atoms with E-state index in [1.807, 2.05) is 71.3 Å². The van der Waals surface area contributed by atoms with Gasteiger partial charge < -0.3 is 24.5 Å². The van der Waals surface area contributed by atoms with Gasteiger partial charge in [0.15, 0.2) is 11.5 Å². The fourth-order valence-electron chi connectivity index (χ4n) is 3.30. The molecule has 4 aromatic rings. The van der Waals surface area contributed by atoms with Crippen molar-refractivity contribution in [2.75, 3.05) is 20.0 Å². The van der Waals surface area contributed by atoms with Crippen molar-refractivity contribution < 1.29 is 14.2 Å². The molecule has 0 atom stereocenters. The van der Waals surface area contributed by atoms with Gasteiger partial charge in [0.25, 0.3) is 0 Å². The molecule has 0 aliphatic rings. The molecule has 6 nitrogen and oxygen atoms in total. The molecule has 1 aromatic heterocycles. The Morgan fingerprint density at radius 1 is 0.862 bits per heavy atom. The molecule has 4 rings (SSSR count). The van der Waals surface area contributed by atoms with Crippen molar-refractivity contribution in [2.24, 2.45) is 0 Å². The lowest BCUT2D eigenvalue weighted by atomic mass is 10.2. The topological polar surface area (TPSA) is 71.5 Å². The van der Waals surface area contributed by atoms with Gasteiger partial charge >= 0.3 is 0 Å². The number of nitrogen functional groups attached to an aromatic ring is 1. The van der Waals surface area contributed by atoms with Crippen LogP contribution < -0.4 is 19.9 Å². The summed E-state index contributed by atoms with van der Waals surface area (Å²) < 4.78 is 18.8. The number of para-hydroxylation sites is 2. The first-order chi connectivity index (χ1) is 14.2. The lowest BCUT2D eigenvalue weighted by Gasteiger charge is -2.14. The molecule has 0 saturated carbocycles. The number of nitrogens with zero attached hydrogens (tertiary/aromatic N) is 2. The molecule has 0 unspecified atom stereocenters. The van der Waals surface area contributed by atoms with Gasteiger partial charge in [0.05, 0.1) is 31.8 Å². The lowest BCUT2D eigenvalue weighted by molar-refractivity contribution is 0.283. The number of anilines is 1. The zero-order valence-electron chi connectivity index (χ0n) is 16.5. The van der Waals surface area contributed by atoms with Gasteiger partial charge in [0, 0.05) is 0 Å². The summed E-state index contributed by atoms with van der Waals surface area (Å²) in [5.74, 6) is 2.65. The molecule has 0 bridgehead atoms. The highest BCUT2D eigenvalue weighted by atomic mass is 16.5. The summed E-state index contributed by atoms with van der Waals surface area (Å²) in [6.07, 6.45) is 0. The summed E-state index contributed by atoms with van der Waals surface area (Å²) in [6.45, 7) is 1.02. The van der Waals surface area contributed by atoms with Crippen molar-refractivity contribution in [1.29, 1.82) is 0 Å². The molecular formula is C23H23N3O3. The number of benzene rings is 3. The molecule has 3 aromatic carbocycles. The zero-order chi connectivity index (χ0) is 20.2. The zero-order valence-corrected chi connectivity index (χ0v) is 16.5. The van der Waals surface area contributed by atoms with Crippen LogP contribution in [0.2, 0.25) is 0 Å². The third-order valence-corrected chi connectivity index (χ3v) is 4.78. The van der Waals surface area contributed by atoms with E-state index in [2.05, 4.69) is 4.98 Å². The molecule has 0 amide bonds. The van der Waals surface area contributed by atoms with E-state index in [0.717, 1.165) is 27.9 Å². The second-order valence-electron chi connectivity index (χ2n) is 6.67. The van der Waals surface area contributed by atoms with Crippen LogP contribution in [0.25, 0.3) is 11.0 Å². The van der Waals surface area contributed by atoms with Crippen molar-refractivity contribution in [2.45, 2.75) is 13.2 Å². The molecule has 1 heterocycles. The molecule has 0 saturated heterocycles. The highest BCUT2D eigenvalue weighted by molar-refractivity contribution is 5.78. The van der Waals surface area contributed by atoms with Crippen molar-refractivity contribution in [3.05, 3.63) is 77.9 Å². The van der Waals surface area contributed by atoms with E-state index in [1.54, 1.807) is 14.2 Å². The van der Waals surface area contributed by atoms with E-state index < -0.39 is 0 Å². The average molecular weight is 389 g/mol. The van der Waals surface area contributed by atoms with Gasteiger partial charge in [-0.05, 0) is 47.5 Å². The molecule has 2 N–H and O–H groups in total. The normalized spacial score (nSPS) is 10.8. The second-order valence-corrected chi connectivity index (χ2v) is 6.67. The smallest absolute Gasteiger partial charge is 0.201 e. The Morgan fingerprint density at radius 3 is 2.55 bits per heavy atom. The Kier molecular flexibility index (Phi) is 5.24. The van der Waals surface area contributed by atoms with E-state index in [1.165, 1.54) is 0 Å². The Labute approximate surface area is 169 Å². The third kappa shape index (κ3) is 3.96. The predicted molar refractivity (Wildman–Crippen MR) is 114 cm³/mol. The predicted octanol–water partition coefficient (Wildman–Crippen LogP) is 4.26. The second kappa shape index (κ2) is 8.14. The minimum absolute atomic E-state index is 0.423. The van der Waals surface area contributed by atoms with Crippen molar-refractivity contribution in [1.82, 2.24) is 9.55 Å². The molecule has 29 heavy (non-hydrogen) atoms. The van der Waals surface area contributed by atoms with Crippen molar-refractivity contribution in [3.63, 3.8) is 0 Å². The van der Waals surface area contributed by atoms with Gasteiger partial charge in [0.1, 0.15) is 12.4 Å². The largest absolute Gasteiger partial charge is 0.497 e. The van der Waals surface area contributed by atoms with Gasteiger partial charge in [-0.15, -0.1) is 0 Å². The minimum atomic E-state index is 0.423. The highest BCUT2D eigenvalue weighted by Crippen LogP contribution is 2.30. The fraction of sp³-hybridized carbons (Fsp3) is 0.174. The van der Waals surface area contributed by atoms with Gasteiger partial charge in [-0.25, -0.2) is 4.98 Å². The van der Waals surface area contributed by atoms with Crippen LogP contribution in [0.5, 0.6) is 17.2 Å². The van der Waals surface area contributed by atoms with Gasteiger partial charge in [-0.1, -0.05) is 30.3 Å². The molecular weight excluding hydrogens is 366 g/mol. The molecule has 6 heteroatoms. The van der Waals surface area contributed by atoms with E-state index in [9.17, 15) is 0 Å². The van der Waals surface area contributed by atoms with Gasteiger partial charge in [-0.2, -0.15) is 0 Å². The van der Waals surface area contributed by atoms with Crippen LogP contribution in [0.15, 0.2) is 66.7 Å². The average Bonchev–Trinajstić information content (AvgIpc) is 3.08. The molecule has 0 spiro atoms. The summed E-state index contributed by atoms with van der Waals surface area (Å²) in [6, 6.07) is 21.6. The summed E-state index contributed by atoms with van der Waals surface area (Å²) in [5.41, 5.74) is 10.1. The van der Waals surface area contributed by atoms with Crippen LogP contribution in [0.4, 0.5) is 5.95 Å². The monoisotopic (exact) mass is 389 g/mol. The Bertz CT molecular complexity index is 1140. The van der Waals surface area contributed by atoms with Crippen molar-refractivity contribution in [3.8, 4) is 17.2 Å². The summed E-state index contributed by atoms with van der Waals surface area (Å²) >= 11 is 0. The van der Waals surface area contributed by atoms with E-state index in [0.29, 0.717) is 30.6 Å². The summed E-state index contributed by atoms with van der Waals surface area (Å²) in [4.78, 5) is 4.42. The number of nitrogens with two attached hydrogens (primary N) is 1. The lowest BCUT2D eigenvalue weighted by Crippen LogP contribution is -2.05. The number of hydrogen-bond acceptors (Lipinski definition) is 5. The van der Waals surface area contributed by atoms with Crippen molar-refractivity contribution >= 4 is 17.0 Å². The van der Waals surface area contributed by atoms with Crippen LogP contribution in [0, 0.1) is 0 Å². The maximum Gasteiger partial charge on any atom is 0.201 e. The number of rotatable bonds is 7.